The molecule has 3 aromatic heterocycles. The van der Waals surface area contributed by atoms with Crippen molar-refractivity contribution in [1.82, 2.24) is 23.8 Å². The molecule has 29 heavy (non-hydrogen) atoms. The van der Waals surface area contributed by atoms with Gasteiger partial charge in [0.1, 0.15) is 28.0 Å². The van der Waals surface area contributed by atoms with Gasteiger partial charge in [-0.2, -0.15) is 9.57 Å². The fraction of sp³-hybridized carbons (Fsp3) is 0.211. The van der Waals surface area contributed by atoms with Crippen LogP contribution in [0.4, 0.5) is 0 Å². The predicted molar refractivity (Wildman–Crippen MR) is 108 cm³/mol. The average Bonchev–Trinajstić information content (AvgIpc) is 3.27. The smallest absolute Gasteiger partial charge is 0.276 e. The summed E-state index contributed by atoms with van der Waals surface area (Å²) in [6.07, 6.45) is 1.61. The second kappa shape index (κ2) is 6.58. The van der Waals surface area contributed by atoms with Gasteiger partial charge in [-0.25, -0.2) is 13.4 Å². The number of aryl methyl sites for hydroxylation is 2. The molecule has 2 N–H and O–H groups in total. The van der Waals surface area contributed by atoms with Gasteiger partial charge in [-0.15, -0.1) is 0 Å². The molecule has 0 atom stereocenters. The van der Waals surface area contributed by atoms with Gasteiger partial charge >= 0.3 is 0 Å². The fourth-order valence-corrected chi connectivity index (χ4v) is 4.69. The van der Waals surface area contributed by atoms with E-state index in [4.69, 9.17) is 5.26 Å². The van der Waals surface area contributed by atoms with Crippen LogP contribution >= 0.6 is 0 Å². The fourth-order valence-electron chi connectivity index (χ4n) is 3.30. The molecule has 0 amide bonds. The molecular formula is C19H18N6O3S. The molecule has 0 aliphatic carbocycles. The van der Waals surface area contributed by atoms with Crippen molar-refractivity contribution in [2.45, 2.75) is 18.4 Å². The topological polar surface area (TPSA) is 128 Å². The zero-order valence-corrected chi connectivity index (χ0v) is 16.8. The van der Waals surface area contributed by atoms with E-state index in [1.54, 1.807) is 38.4 Å². The molecule has 1 aromatic carbocycles. The molecule has 9 nitrogen and oxygen atoms in total. The van der Waals surface area contributed by atoms with Gasteiger partial charge in [0.2, 0.25) is 10.0 Å². The number of imidazole rings is 1. The van der Waals surface area contributed by atoms with Gasteiger partial charge < -0.3 is 14.5 Å². The van der Waals surface area contributed by atoms with Gasteiger partial charge in [0, 0.05) is 25.7 Å². The van der Waals surface area contributed by atoms with E-state index in [1.165, 1.54) is 11.6 Å². The second-order valence-corrected chi connectivity index (χ2v) is 8.97. The molecule has 0 aliphatic rings. The highest BCUT2D eigenvalue weighted by Gasteiger charge is 2.26. The van der Waals surface area contributed by atoms with Gasteiger partial charge in [-0.3, -0.25) is 4.79 Å². The van der Waals surface area contributed by atoms with E-state index < -0.39 is 10.0 Å². The first-order valence-electron chi connectivity index (χ1n) is 8.75. The van der Waals surface area contributed by atoms with Crippen molar-refractivity contribution in [2.24, 2.45) is 7.05 Å². The van der Waals surface area contributed by atoms with Crippen molar-refractivity contribution in [3.63, 3.8) is 0 Å². The SMILES string of the molecule is Cc1cc(S(=O)(=O)N(C)Cc2nc3ccn(C)c(=O)c3[nH]2)c2[nH]c(C#N)cc2c1. The van der Waals surface area contributed by atoms with Crippen LogP contribution < -0.4 is 5.56 Å². The lowest BCUT2D eigenvalue weighted by Crippen LogP contribution is -2.27. The number of nitrogens with one attached hydrogen (secondary N) is 2. The van der Waals surface area contributed by atoms with E-state index in [9.17, 15) is 13.2 Å². The highest BCUT2D eigenvalue weighted by molar-refractivity contribution is 7.89. The zero-order chi connectivity index (χ0) is 20.9. The maximum atomic E-state index is 13.3. The molecule has 3 heterocycles. The summed E-state index contributed by atoms with van der Waals surface area (Å²) in [5, 5.41) is 9.79. The lowest BCUT2D eigenvalue weighted by Gasteiger charge is -2.17. The van der Waals surface area contributed by atoms with Crippen molar-refractivity contribution >= 4 is 32.0 Å². The zero-order valence-electron chi connectivity index (χ0n) is 16.0. The Hall–Kier alpha value is -3.42. The highest BCUT2D eigenvalue weighted by atomic mass is 32.2. The minimum atomic E-state index is -3.89. The predicted octanol–water partition coefficient (Wildman–Crippen LogP) is 1.74. The Morgan fingerprint density at radius 3 is 2.72 bits per heavy atom. The lowest BCUT2D eigenvalue weighted by atomic mass is 10.2. The number of hydrogen-bond acceptors (Lipinski definition) is 5. The van der Waals surface area contributed by atoms with Crippen molar-refractivity contribution in [3.8, 4) is 6.07 Å². The normalized spacial score (nSPS) is 12.1. The van der Waals surface area contributed by atoms with Gasteiger partial charge in [-0.1, -0.05) is 0 Å². The van der Waals surface area contributed by atoms with Gasteiger partial charge in [0.05, 0.1) is 17.6 Å². The van der Waals surface area contributed by atoms with E-state index in [-0.39, 0.29) is 22.7 Å². The van der Waals surface area contributed by atoms with Crippen molar-refractivity contribution in [1.29, 1.82) is 5.26 Å². The summed E-state index contributed by atoms with van der Waals surface area (Å²) < 4.78 is 29.1. The number of hydrogen-bond donors (Lipinski definition) is 2. The van der Waals surface area contributed by atoms with Gasteiger partial charge in [0.25, 0.3) is 5.56 Å². The molecule has 10 heteroatoms. The van der Waals surface area contributed by atoms with E-state index in [1.807, 2.05) is 12.1 Å². The summed E-state index contributed by atoms with van der Waals surface area (Å²) in [5.74, 6) is 0.363. The number of aromatic nitrogens is 4. The first kappa shape index (κ1) is 18.9. The monoisotopic (exact) mass is 410 g/mol. The molecule has 0 saturated heterocycles. The Balaban J connectivity index is 1.76. The first-order valence-corrected chi connectivity index (χ1v) is 10.2. The van der Waals surface area contributed by atoms with Crippen LogP contribution in [-0.4, -0.2) is 39.3 Å². The maximum Gasteiger partial charge on any atom is 0.276 e. The number of benzene rings is 1. The first-order chi connectivity index (χ1) is 13.7. The van der Waals surface area contributed by atoms with E-state index >= 15 is 0 Å². The number of nitrogens with zero attached hydrogens (tertiary/aromatic N) is 4. The summed E-state index contributed by atoms with van der Waals surface area (Å²) in [7, 11) is -0.808. The van der Waals surface area contributed by atoms with Crippen LogP contribution in [0.15, 0.2) is 40.2 Å². The number of fused-ring (bicyclic) bond motifs is 2. The third kappa shape index (κ3) is 3.10. The molecule has 0 saturated carbocycles. The van der Waals surface area contributed by atoms with Crippen LogP contribution in [0.5, 0.6) is 0 Å². The molecular weight excluding hydrogens is 392 g/mol. The minimum absolute atomic E-state index is 0.0403. The lowest BCUT2D eigenvalue weighted by molar-refractivity contribution is 0.459. The van der Waals surface area contributed by atoms with Crippen LogP contribution in [0, 0.1) is 18.3 Å². The summed E-state index contributed by atoms with van der Waals surface area (Å²) in [5.41, 5.74) is 2.02. The maximum absolute atomic E-state index is 13.3. The molecule has 0 aliphatic heterocycles. The van der Waals surface area contributed by atoms with Crippen LogP contribution in [0.3, 0.4) is 0 Å². The molecule has 4 rings (SSSR count). The Kier molecular flexibility index (Phi) is 4.29. The summed E-state index contributed by atoms with van der Waals surface area (Å²) in [6, 6.07) is 8.70. The summed E-state index contributed by atoms with van der Waals surface area (Å²) in [6.45, 7) is 1.76. The molecule has 0 radical (unpaired) electrons. The minimum Gasteiger partial charge on any atom is -0.345 e. The average molecular weight is 410 g/mol. The molecule has 0 bridgehead atoms. The Bertz CT molecular complexity index is 1470. The van der Waals surface area contributed by atoms with E-state index in [2.05, 4.69) is 15.0 Å². The Labute approximate surface area is 166 Å². The van der Waals surface area contributed by atoms with E-state index in [0.717, 1.165) is 9.87 Å². The number of sulfonamides is 1. The van der Waals surface area contributed by atoms with Crippen LogP contribution in [0.25, 0.3) is 21.9 Å². The number of rotatable bonds is 4. The third-order valence-electron chi connectivity index (χ3n) is 4.79. The molecule has 148 valence electrons. The number of nitriles is 1. The molecule has 0 spiro atoms. The largest absolute Gasteiger partial charge is 0.345 e. The number of aromatic amines is 2. The Morgan fingerprint density at radius 2 is 2.00 bits per heavy atom. The van der Waals surface area contributed by atoms with Crippen molar-refractivity contribution < 1.29 is 8.42 Å². The number of H-pyrrole nitrogens is 2. The van der Waals surface area contributed by atoms with Crippen LogP contribution in [0.1, 0.15) is 17.1 Å². The summed E-state index contributed by atoms with van der Waals surface area (Å²) >= 11 is 0. The molecule has 4 aromatic rings. The van der Waals surface area contributed by atoms with Gasteiger partial charge in [-0.05, 0) is 36.8 Å². The standard InChI is InChI=1S/C19H18N6O3S/c1-11-6-12-8-13(9-20)21-17(12)15(7-11)29(27,28)25(3)10-16-22-14-4-5-24(2)19(26)18(14)23-16/h4-8,21H,10H2,1-3H3,(H,22,23). The summed E-state index contributed by atoms with van der Waals surface area (Å²) in [4.78, 5) is 22.4. The molecule has 0 fully saturated rings. The second-order valence-electron chi connectivity index (χ2n) is 6.96. The van der Waals surface area contributed by atoms with Crippen molar-refractivity contribution in [2.75, 3.05) is 7.05 Å². The van der Waals surface area contributed by atoms with Crippen LogP contribution in [0.2, 0.25) is 0 Å². The van der Waals surface area contributed by atoms with Gasteiger partial charge in [0.15, 0.2) is 0 Å². The van der Waals surface area contributed by atoms with Crippen LogP contribution in [-0.2, 0) is 23.6 Å². The highest BCUT2D eigenvalue weighted by Crippen LogP contribution is 2.28. The molecule has 0 unspecified atom stereocenters. The van der Waals surface area contributed by atoms with Crippen molar-refractivity contribution in [3.05, 3.63) is 57.9 Å². The third-order valence-corrected chi connectivity index (χ3v) is 6.62. The van der Waals surface area contributed by atoms with E-state index in [0.29, 0.717) is 27.8 Å². The quantitative estimate of drug-likeness (QED) is 0.530. The number of pyridine rings is 1. The Morgan fingerprint density at radius 1 is 1.24 bits per heavy atom.